The lowest BCUT2D eigenvalue weighted by atomic mass is 9.84. The van der Waals surface area contributed by atoms with Crippen molar-refractivity contribution in [2.45, 2.75) is 18.6 Å². The zero-order valence-corrected chi connectivity index (χ0v) is 19.8. The van der Waals surface area contributed by atoms with Crippen molar-refractivity contribution < 1.29 is 19.7 Å². The Morgan fingerprint density at radius 3 is 1.43 bits per heavy atom. The average molecular weight is 477 g/mol. The van der Waals surface area contributed by atoms with E-state index in [4.69, 9.17) is 20.0 Å². The van der Waals surface area contributed by atoms with E-state index in [-0.39, 0.29) is 13.2 Å². The first-order valence-electron chi connectivity index (χ1n) is 12.1. The molecule has 4 rings (SSSR count). The number of fused-ring (bicyclic) bond motifs is 2. The van der Waals surface area contributed by atoms with Gasteiger partial charge in [-0.25, -0.2) is 0 Å². The number of piperidine rings is 2. The lowest BCUT2D eigenvalue weighted by molar-refractivity contribution is -0.0163. The van der Waals surface area contributed by atoms with E-state index in [2.05, 4.69) is 21.9 Å². The quantitative estimate of drug-likeness (QED) is 0.534. The van der Waals surface area contributed by atoms with Crippen LogP contribution in [0.2, 0.25) is 0 Å². The first-order valence-corrected chi connectivity index (χ1v) is 12.1. The molecule has 2 fully saturated rings. The molecule has 0 radical (unpaired) electrons. The lowest BCUT2D eigenvalue weighted by Crippen LogP contribution is -2.55. The highest BCUT2D eigenvalue weighted by molar-refractivity contribution is 5.35. The van der Waals surface area contributed by atoms with Gasteiger partial charge in [-0.1, -0.05) is 0 Å². The van der Waals surface area contributed by atoms with Gasteiger partial charge < -0.3 is 19.7 Å². The molecule has 0 amide bonds. The molecule has 0 aliphatic carbocycles. The second-order valence-corrected chi connectivity index (χ2v) is 9.61. The number of hydrogen-bond acceptors (Lipinski definition) is 8. The van der Waals surface area contributed by atoms with E-state index in [1.54, 1.807) is 48.5 Å². The minimum atomic E-state index is -0.582. The summed E-state index contributed by atoms with van der Waals surface area (Å²) >= 11 is 0. The molecule has 0 spiro atoms. The van der Waals surface area contributed by atoms with Gasteiger partial charge in [0.15, 0.2) is 0 Å². The Bertz CT molecular complexity index is 936. The molecule has 2 aromatic rings. The molecule has 2 N–H and O–H groups in total. The van der Waals surface area contributed by atoms with Crippen LogP contribution in [0.1, 0.15) is 17.5 Å². The Morgan fingerprint density at radius 2 is 1.09 bits per heavy atom. The summed E-state index contributed by atoms with van der Waals surface area (Å²) in [4.78, 5) is 4.65. The Labute approximate surface area is 206 Å². The number of ether oxygens (including phenoxy) is 2. The second-order valence-electron chi connectivity index (χ2n) is 9.61. The third-order valence-corrected chi connectivity index (χ3v) is 6.52. The highest BCUT2D eigenvalue weighted by Gasteiger charge is 2.35. The number of rotatable bonds is 10. The molecular weight excluding hydrogens is 444 g/mol. The molecule has 35 heavy (non-hydrogen) atoms. The number of nitriles is 2. The molecule has 2 heterocycles. The van der Waals surface area contributed by atoms with Gasteiger partial charge in [-0.2, -0.15) is 10.5 Å². The van der Waals surface area contributed by atoms with Gasteiger partial charge in [0, 0.05) is 39.3 Å². The molecule has 2 saturated heterocycles. The summed E-state index contributed by atoms with van der Waals surface area (Å²) < 4.78 is 11.4. The highest BCUT2D eigenvalue weighted by Crippen LogP contribution is 2.29. The number of hydrogen-bond donors (Lipinski definition) is 2. The summed E-state index contributed by atoms with van der Waals surface area (Å²) in [6.45, 7) is 5.30. The summed E-state index contributed by atoms with van der Waals surface area (Å²) in [6, 6.07) is 18.0. The number of β-amino-alcohol motifs (C(OH)–C–C–N with tert-alkyl or cyclic N) is 2. The van der Waals surface area contributed by atoms with Crippen LogP contribution in [0.15, 0.2) is 48.5 Å². The van der Waals surface area contributed by atoms with Crippen LogP contribution in [-0.2, 0) is 0 Å². The molecule has 8 heteroatoms. The summed E-state index contributed by atoms with van der Waals surface area (Å²) in [5, 5.41) is 38.7. The van der Waals surface area contributed by atoms with E-state index < -0.39 is 12.2 Å². The van der Waals surface area contributed by atoms with Crippen molar-refractivity contribution in [2.24, 2.45) is 11.8 Å². The topological polar surface area (TPSA) is 113 Å². The third-order valence-electron chi connectivity index (χ3n) is 6.52. The fraction of sp³-hybridized carbons (Fsp3) is 0.481. The van der Waals surface area contributed by atoms with Crippen LogP contribution in [0.25, 0.3) is 0 Å². The number of aliphatic hydroxyl groups is 2. The van der Waals surface area contributed by atoms with Gasteiger partial charge in [0.1, 0.15) is 36.9 Å². The molecule has 2 bridgehead atoms. The predicted molar refractivity (Wildman–Crippen MR) is 130 cm³/mol. The van der Waals surface area contributed by atoms with Crippen molar-refractivity contribution in [3.63, 3.8) is 0 Å². The van der Waals surface area contributed by atoms with Crippen LogP contribution in [0.4, 0.5) is 0 Å². The molecule has 2 aliphatic heterocycles. The number of aliphatic hydroxyl groups excluding tert-OH is 2. The summed E-state index contributed by atoms with van der Waals surface area (Å²) in [6.07, 6.45) is 0.0198. The van der Waals surface area contributed by atoms with Crippen molar-refractivity contribution in [1.29, 1.82) is 10.5 Å². The average Bonchev–Trinajstić information content (AvgIpc) is 2.86. The van der Waals surface area contributed by atoms with Crippen LogP contribution in [0.3, 0.4) is 0 Å². The molecule has 2 atom stereocenters. The maximum absolute atomic E-state index is 10.5. The van der Waals surface area contributed by atoms with E-state index in [1.807, 2.05) is 0 Å². The standard InChI is InChI=1S/C27H32N4O4/c28-10-20-1-5-26(6-2-20)34-18-24(32)16-30-12-22-9-23(13-30)15-31(14-22)17-25(33)19-35-27-7-3-21(11-29)4-8-27/h1-8,22-25,32-33H,9,12-19H2/t22?,23?,24-,25-/m1/s1. The van der Waals surface area contributed by atoms with Gasteiger partial charge in [0.05, 0.1) is 23.3 Å². The normalized spacial score (nSPS) is 21.9. The van der Waals surface area contributed by atoms with Gasteiger partial charge in [-0.15, -0.1) is 0 Å². The molecular formula is C27H32N4O4. The van der Waals surface area contributed by atoms with Crippen molar-refractivity contribution in [3.8, 4) is 23.6 Å². The molecule has 0 unspecified atom stereocenters. The predicted octanol–water partition coefficient (Wildman–Crippen LogP) is 1.86. The second kappa shape index (κ2) is 12.0. The van der Waals surface area contributed by atoms with E-state index in [0.29, 0.717) is 47.6 Å². The number of likely N-dealkylation sites (tertiary alicyclic amines) is 2. The fourth-order valence-corrected chi connectivity index (χ4v) is 5.13. The van der Waals surface area contributed by atoms with Crippen molar-refractivity contribution >= 4 is 0 Å². The van der Waals surface area contributed by atoms with Crippen molar-refractivity contribution in [2.75, 3.05) is 52.5 Å². The van der Waals surface area contributed by atoms with Crippen LogP contribution in [0.5, 0.6) is 11.5 Å². The van der Waals surface area contributed by atoms with Crippen LogP contribution in [0, 0.1) is 34.5 Å². The summed E-state index contributed by atoms with van der Waals surface area (Å²) in [5.74, 6) is 2.33. The molecule has 0 aromatic heterocycles. The fourth-order valence-electron chi connectivity index (χ4n) is 5.13. The minimum absolute atomic E-state index is 0.218. The van der Waals surface area contributed by atoms with Crippen molar-refractivity contribution in [3.05, 3.63) is 59.7 Å². The van der Waals surface area contributed by atoms with Gasteiger partial charge in [0.2, 0.25) is 0 Å². The van der Waals surface area contributed by atoms with Crippen molar-refractivity contribution in [1.82, 2.24) is 9.80 Å². The molecule has 0 saturated carbocycles. The van der Waals surface area contributed by atoms with E-state index in [0.717, 1.165) is 26.2 Å². The lowest BCUT2D eigenvalue weighted by Gasteiger charge is -2.46. The highest BCUT2D eigenvalue weighted by atomic mass is 16.5. The Balaban J connectivity index is 1.16. The number of nitrogens with zero attached hydrogens (tertiary/aromatic N) is 4. The molecule has 184 valence electrons. The first kappa shape index (κ1) is 25.0. The summed E-state index contributed by atoms with van der Waals surface area (Å²) in [5.41, 5.74) is 1.16. The van der Waals surface area contributed by atoms with E-state index in [1.165, 1.54) is 6.42 Å². The van der Waals surface area contributed by atoms with Crippen LogP contribution < -0.4 is 9.47 Å². The zero-order chi connectivity index (χ0) is 24.6. The first-order chi connectivity index (χ1) is 17.0. The van der Waals surface area contributed by atoms with Crippen LogP contribution >= 0.6 is 0 Å². The minimum Gasteiger partial charge on any atom is -0.491 e. The Morgan fingerprint density at radius 1 is 0.714 bits per heavy atom. The molecule has 2 aromatic carbocycles. The summed E-state index contributed by atoms with van der Waals surface area (Å²) in [7, 11) is 0. The van der Waals surface area contributed by atoms with E-state index >= 15 is 0 Å². The third kappa shape index (κ3) is 7.42. The van der Waals surface area contributed by atoms with Crippen LogP contribution in [-0.4, -0.2) is 84.7 Å². The van der Waals surface area contributed by atoms with Gasteiger partial charge in [0.25, 0.3) is 0 Å². The van der Waals surface area contributed by atoms with Gasteiger partial charge in [-0.05, 0) is 66.8 Å². The molecule has 8 nitrogen and oxygen atoms in total. The SMILES string of the molecule is N#Cc1ccc(OC[C@H](O)CN2CC3CC(C2)CN(C[C@@H](O)COc2ccc(C#N)cc2)C3)cc1. The van der Waals surface area contributed by atoms with Gasteiger partial charge in [-0.3, -0.25) is 9.80 Å². The number of benzene rings is 2. The Kier molecular flexibility index (Phi) is 8.57. The smallest absolute Gasteiger partial charge is 0.119 e. The van der Waals surface area contributed by atoms with E-state index in [9.17, 15) is 10.2 Å². The maximum Gasteiger partial charge on any atom is 0.119 e. The monoisotopic (exact) mass is 476 g/mol. The Hall–Kier alpha value is -3.14. The maximum atomic E-state index is 10.5. The molecule has 2 aliphatic rings. The van der Waals surface area contributed by atoms with Gasteiger partial charge >= 0.3 is 0 Å². The zero-order valence-electron chi connectivity index (χ0n) is 19.8. The largest absolute Gasteiger partial charge is 0.491 e.